The summed E-state index contributed by atoms with van der Waals surface area (Å²) in [7, 11) is -2.92. The number of phenolic OH excluding ortho intramolecular Hbond substituents is 1. The highest BCUT2D eigenvalue weighted by atomic mass is 35.5. The minimum absolute atomic E-state index is 0.0119. The maximum absolute atomic E-state index is 12.5. The lowest BCUT2D eigenvalue weighted by molar-refractivity contribution is 0.210. The lowest BCUT2D eigenvalue weighted by atomic mass is 10.2. The van der Waals surface area contributed by atoms with Crippen molar-refractivity contribution in [2.75, 3.05) is 12.8 Å². The van der Waals surface area contributed by atoms with Gasteiger partial charge in [-0.25, -0.2) is 0 Å². The van der Waals surface area contributed by atoms with Crippen LogP contribution in [-0.4, -0.2) is 29.1 Å². The van der Waals surface area contributed by atoms with Gasteiger partial charge in [0.2, 0.25) is 7.37 Å². The monoisotopic (exact) mass is 292 g/mol. The molecule has 1 aromatic carbocycles. The summed E-state index contributed by atoms with van der Waals surface area (Å²) in [6, 6.07) is 4.66. The molecule has 2 atom stereocenters. The van der Waals surface area contributed by atoms with Crippen molar-refractivity contribution in [3.63, 3.8) is 0 Å². The van der Waals surface area contributed by atoms with Gasteiger partial charge >= 0.3 is 0 Å². The lowest BCUT2D eigenvalue weighted by Gasteiger charge is -2.19. The Kier molecular flexibility index (Phi) is 5.67. The van der Waals surface area contributed by atoms with E-state index in [1.54, 1.807) is 26.0 Å². The quantitative estimate of drug-likeness (QED) is 0.790. The first-order chi connectivity index (χ1) is 8.36. The molecule has 0 aromatic heterocycles. The second kappa shape index (κ2) is 6.58. The summed E-state index contributed by atoms with van der Waals surface area (Å²) < 4.78 is 17.8. The molecule has 0 radical (unpaired) electrons. The Morgan fingerprint density at radius 2 is 2.17 bits per heavy atom. The number of aliphatic hydroxyl groups excluding tert-OH is 1. The molecule has 6 heteroatoms. The summed E-state index contributed by atoms with van der Waals surface area (Å²) in [5, 5.41) is 18.9. The van der Waals surface area contributed by atoms with Crippen LogP contribution in [0.15, 0.2) is 18.2 Å². The van der Waals surface area contributed by atoms with Crippen molar-refractivity contribution in [2.45, 2.75) is 26.1 Å². The van der Waals surface area contributed by atoms with Crippen LogP contribution >= 0.6 is 19.0 Å². The van der Waals surface area contributed by atoms with Crippen LogP contribution in [0.5, 0.6) is 5.75 Å². The Balaban J connectivity index is 2.89. The van der Waals surface area contributed by atoms with Gasteiger partial charge in [0.05, 0.1) is 23.9 Å². The molecule has 0 bridgehead atoms. The molecule has 0 amide bonds. The number of benzene rings is 1. The molecule has 0 aliphatic rings. The van der Waals surface area contributed by atoms with E-state index in [0.29, 0.717) is 6.61 Å². The lowest BCUT2D eigenvalue weighted by Crippen LogP contribution is -2.10. The molecule has 4 nitrogen and oxygen atoms in total. The predicted octanol–water partition coefficient (Wildman–Crippen LogP) is 3.24. The first kappa shape index (κ1) is 15.5. The van der Waals surface area contributed by atoms with Gasteiger partial charge < -0.3 is 14.7 Å². The van der Waals surface area contributed by atoms with Crippen LogP contribution in [0.3, 0.4) is 0 Å². The van der Waals surface area contributed by atoms with E-state index in [9.17, 15) is 14.8 Å². The Morgan fingerprint density at radius 1 is 1.50 bits per heavy atom. The van der Waals surface area contributed by atoms with E-state index in [1.807, 2.05) is 0 Å². The van der Waals surface area contributed by atoms with Crippen molar-refractivity contribution >= 4 is 19.0 Å². The van der Waals surface area contributed by atoms with Gasteiger partial charge in [-0.2, -0.15) is 0 Å². The van der Waals surface area contributed by atoms with Gasteiger partial charge in [0.1, 0.15) is 5.75 Å². The van der Waals surface area contributed by atoms with Gasteiger partial charge in [-0.1, -0.05) is 17.7 Å². The highest BCUT2D eigenvalue weighted by Crippen LogP contribution is 2.51. The van der Waals surface area contributed by atoms with E-state index in [1.165, 1.54) is 6.07 Å². The molecule has 18 heavy (non-hydrogen) atoms. The van der Waals surface area contributed by atoms with Crippen LogP contribution in [0.2, 0.25) is 5.02 Å². The minimum atomic E-state index is -2.92. The highest BCUT2D eigenvalue weighted by molar-refractivity contribution is 7.58. The summed E-state index contributed by atoms with van der Waals surface area (Å²) in [4.78, 5) is 0. The smallest absolute Gasteiger partial charge is 0.209 e. The zero-order valence-electron chi connectivity index (χ0n) is 10.5. The molecule has 0 heterocycles. The third-order valence-corrected chi connectivity index (χ3v) is 5.31. The summed E-state index contributed by atoms with van der Waals surface area (Å²) >= 11 is 5.80. The van der Waals surface area contributed by atoms with Crippen molar-refractivity contribution in [1.82, 2.24) is 0 Å². The molecule has 1 unspecified atom stereocenters. The topological polar surface area (TPSA) is 66.8 Å². The van der Waals surface area contributed by atoms with Gasteiger partial charge in [-0.05, 0) is 31.5 Å². The zero-order valence-corrected chi connectivity index (χ0v) is 12.1. The average molecular weight is 293 g/mol. The van der Waals surface area contributed by atoms with E-state index < -0.39 is 13.5 Å². The summed E-state index contributed by atoms with van der Waals surface area (Å²) in [5.74, 6) is -0.0119. The Labute approximate surface area is 112 Å². The SMILES string of the molecule is CCOP(=O)(Cc1ccc(O)c(Cl)c1)C[C@@H](C)O. The van der Waals surface area contributed by atoms with Crippen LogP contribution in [0.4, 0.5) is 0 Å². The number of hydrogen-bond donors (Lipinski definition) is 2. The van der Waals surface area contributed by atoms with Crippen molar-refractivity contribution < 1.29 is 19.3 Å². The predicted molar refractivity (Wildman–Crippen MR) is 72.6 cm³/mol. The highest BCUT2D eigenvalue weighted by Gasteiger charge is 2.25. The maximum Gasteiger partial charge on any atom is 0.209 e. The zero-order chi connectivity index (χ0) is 13.8. The summed E-state index contributed by atoms with van der Waals surface area (Å²) in [6.45, 7) is 3.67. The standard InChI is InChI=1S/C12H18ClO4P/c1-3-17-18(16,7-9(2)14)8-10-4-5-12(15)11(13)6-10/h4-6,9,14-15H,3,7-8H2,1-2H3/t9-,18?/m1/s1. The number of aromatic hydroxyl groups is 1. The fourth-order valence-corrected chi connectivity index (χ4v) is 4.29. The van der Waals surface area contributed by atoms with Crippen molar-refractivity contribution in [3.05, 3.63) is 28.8 Å². The molecule has 0 aliphatic heterocycles. The molecule has 0 fully saturated rings. The number of aliphatic hydroxyl groups is 1. The summed E-state index contributed by atoms with van der Waals surface area (Å²) in [5.41, 5.74) is 0.718. The van der Waals surface area contributed by atoms with Crippen LogP contribution in [0, 0.1) is 0 Å². The largest absolute Gasteiger partial charge is 0.506 e. The van der Waals surface area contributed by atoms with E-state index in [-0.39, 0.29) is 23.1 Å². The second-order valence-corrected chi connectivity index (χ2v) is 7.18. The molecule has 1 rings (SSSR count). The molecule has 0 aliphatic carbocycles. The van der Waals surface area contributed by atoms with E-state index >= 15 is 0 Å². The molecule has 2 N–H and O–H groups in total. The molecular weight excluding hydrogens is 275 g/mol. The van der Waals surface area contributed by atoms with Crippen LogP contribution in [0.25, 0.3) is 0 Å². The number of halogens is 1. The first-order valence-electron chi connectivity index (χ1n) is 5.74. The number of hydrogen-bond acceptors (Lipinski definition) is 4. The second-order valence-electron chi connectivity index (χ2n) is 4.21. The van der Waals surface area contributed by atoms with Crippen molar-refractivity contribution in [1.29, 1.82) is 0 Å². The first-order valence-corrected chi connectivity index (χ1v) is 8.11. The van der Waals surface area contributed by atoms with Gasteiger partial charge in [0.15, 0.2) is 0 Å². The minimum Gasteiger partial charge on any atom is -0.506 e. The van der Waals surface area contributed by atoms with Crippen LogP contribution in [0.1, 0.15) is 19.4 Å². The fraction of sp³-hybridized carbons (Fsp3) is 0.500. The van der Waals surface area contributed by atoms with Crippen molar-refractivity contribution in [3.8, 4) is 5.75 Å². The third-order valence-electron chi connectivity index (χ3n) is 2.34. The van der Waals surface area contributed by atoms with Gasteiger partial charge in [0.25, 0.3) is 0 Å². The number of rotatable bonds is 6. The Morgan fingerprint density at radius 3 is 2.67 bits per heavy atom. The Hall–Kier alpha value is -0.540. The average Bonchev–Trinajstić information content (AvgIpc) is 2.22. The maximum atomic E-state index is 12.5. The number of phenols is 1. The van der Waals surface area contributed by atoms with Gasteiger partial charge in [-0.3, -0.25) is 4.57 Å². The van der Waals surface area contributed by atoms with Gasteiger partial charge in [0, 0.05) is 6.16 Å². The molecular formula is C12H18ClO4P. The normalized spacial score (nSPS) is 16.2. The fourth-order valence-electron chi connectivity index (χ4n) is 1.73. The molecule has 0 spiro atoms. The molecule has 0 saturated carbocycles. The third kappa shape index (κ3) is 4.62. The van der Waals surface area contributed by atoms with E-state index in [0.717, 1.165) is 5.56 Å². The van der Waals surface area contributed by atoms with E-state index in [4.69, 9.17) is 16.1 Å². The van der Waals surface area contributed by atoms with Crippen molar-refractivity contribution in [2.24, 2.45) is 0 Å². The Bertz CT molecular complexity index is 448. The summed E-state index contributed by atoms with van der Waals surface area (Å²) in [6.07, 6.45) is -0.375. The molecule has 1 aromatic rings. The van der Waals surface area contributed by atoms with Gasteiger partial charge in [-0.15, -0.1) is 0 Å². The van der Waals surface area contributed by atoms with Crippen LogP contribution < -0.4 is 0 Å². The molecule has 0 saturated heterocycles. The molecule has 102 valence electrons. The van der Waals surface area contributed by atoms with Crippen LogP contribution in [-0.2, 0) is 15.3 Å². The van der Waals surface area contributed by atoms with E-state index in [2.05, 4.69) is 0 Å².